The highest BCUT2D eigenvalue weighted by Crippen LogP contribution is 2.24. The smallest absolute Gasteiger partial charge is 0.224 e. The van der Waals surface area contributed by atoms with Crippen LogP contribution in [0.1, 0.15) is 30.9 Å². The van der Waals surface area contributed by atoms with Crippen molar-refractivity contribution in [2.75, 3.05) is 25.5 Å². The van der Waals surface area contributed by atoms with E-state index in [1.54, 1.807) is 7.05 Å². The summed E-state index contributed by atoms with van der Waals surface area (Å²) in [4.78, 5) is 13.9. The average Bonchev–Trinajstić information content (AvgIpc) is 3.28. The maximum Gasteiger partial charge on any atom is 0.224 e. The average molecular weight is 289 g/mol. The van der Waals surface area contributed by atoms with Crippen LogP contribution in [0.5, 0.6) is 0 Å². The molecule has 0 aliphatic heterocycles. The van der Waals surface area contributed by atoms with Crippen molar-refractivity contribution in [2.45, 2.75) is 39.3 Å². The fraction of sp³-hybridized carbons (Fsp3) is 0.588. The lowest BCUT2D eigenvalue weighted by molar-refractivity contribution is -0.123. The van der Waals surface area contributed by atoms with Crippen LogP contribution in [0.2, 0.25) is 0 Å². The Bertz CT molecular complexity index is 497. The van der Waals surface area contributed by atoms with Gasteiger partial charge in [-0.05, 0) is 31.4 Å². The maximum atomic E-state index is 11.7. The van der Waals surface area contributed by atoms with Crippen LogP contribution in [0.4, 0.5) is 5.69 Å². The van der Waals surface area contributed by atoms with Crippen molar-refractivity contribution in [3.8, 4) is 0 Å². The predicted octanol–water partition coefficient (Wildman–Crippen LogP) is 2.07. The number of aryl methyl sites for hydroxylation is 1. The number of rotatable bonds is 7. The van der Waals surface area contributed by atoms with E-state index in [0.29, 0.717) is 6.04 Å². The molecule has 4 heteroatoms. The molecule has 116 valence electrons. The first-order valence-electron chi connectivity index (χ1n) is 7.77. The van der Waals surface area contributed by atoms with E-state index >= 15 is 0 Å². The highest BCUT2D eigenvalue weighted by molar-refractivity contribution is 5.78. The van der Waals surface area contributed by atoms with Gasteiger partial charge in [-0.15, -0.1) is 0 Å². The van der Waals surface area contributed by atoms with Crippen molar-refractivity contribution in [1.29, 1.82) is 0 Å². The van der Waals surface area contributed by atoms with Crippen molar-refractivity contribution in [3.05, 3.63) is 29.3 Å². The van der Waals surface area contributed by atoms with Crippen LogP contribution in [0.3, 0.4) is 0 Å². The van der Waals surface area contributed by atoms with Crippen molar-refractivity contribution in [3.63, 3.8) is 0 Å². The molecule has 4 nitrogen and oxygen atoms in total. The number of amides is 1. The first-order chi connectivity index (χ1) is 10.0. The van der Waals surface area contributed by atoms with E-state index in [1.165, 1.54) is 29.7 Å². The second-order valence-corrected chi connectivity index (χ2v) is 6.18. The molecule has 21 heavy (non-hydrogen) atoms. The summed E-state index contributed by atoms with van der Waals surface area (Å²) in [6.07, 6.45) is 2.59. The van der Waals surface area contributed by atoms with E-state index in [0.717, 1.165) is 13.1 Å². The summed E-state index contributed by atoms with van der Waals surface area (Å²) in [6.45, 7) is 5.71. The van der Waals surface area contributed by atoms with Gasteiger partial charge in [-0.3, -0.25) is 4.79 Å². The third-order valence-corrected chi connectivity index (χ3v) is 4.05. The van der Waals surface area contributed by atoms with Gasteiger partial charge in [0, 0.05) is 38.9 Å². The molecule has 2 N–H and O–H groups in total. The van der Waals surface area contributed by atoms with Crippen molar-refractivity contribution in [1.82, 2.24) is 10.6 Å². The van der Waals surface area contributed by atoms with Gasteiger partial charge >= 0.3 is 0 Å². The SMILES string of the molecule is CNC(=O)C(C)CN(C)c1ccc(C)cc1CNC1CC1. The summed E-state index contributed by atoms with van der Waals surface area (Å²) in [5.41, 5.74) is 3.80. The number of anilines is 1. The zero-order chi connectivity index (χ0) is 15.4. The fourth-order valence-electron chi connectivity index (χ4n) is 2.61. The summed E-state index contributed by atoms with van der Waals surface area (Å²) >= 11 is 0. The second-order valence-electron chi connectivity index (χ2n) is 6.18. The van der Waals surface area contributed by atoms with Crippen LogP contribution in [-0.4, -0.2) is 32.6 Å². The molecular weight excluding hydrogens is 262 g/mol. The third kappa shape index (κ3) is 4.46. The van der Waals surface area contributed by atoms with Crippen molar-refractivity contribution < 1.29 is 4.79 Å². The highest BCUT2D eigenvalue weighted by Gasteiger charge is 2.21. The van der Waals surface area contributed by atoms with Crippen LogP contribution < -0.4 is 15.5 Å². The molecule has 1 unspecified atom stereocenters. The van der Waals surface area contributed by atoms with Gasteiger partial charge in [0.25, 0.3) is 0 Å². The molecular formula is C17H27N3O. The fourth-order valence-corrected chi connectivity index (χ4v) is 2.61. The number of benzene rings is 1. The molecule has 0 heterocycles. The molecule has 1 aliphatic carbocycles. The van der Waals surface area contributed by atoms with E-state index < -0.39 is 0 Å². The Hall–Kier alpha value is -1.55. The van der Waals surface area contributed by atoms with Gasteiger partial charge in [0.2, 0.25) is 5.91 Å². The van der Waals surface area contributed by atoms with Gasteiger partial charge < -0.3 is 15.5 Å². The van der Waals surface area contributed by atoms with E-state index in [9.17, 15) is 4.79 Å². The van der Waals surface area contributed by atoms with Gasteiger partial charge in [0.1, 0.15) is 0 Å². The Morgan fingerprint density at radius 1 is 1.43 bits per heavy atom. The molecule has 1 fully saturated rings. The number of carbonyl (C=O) groups excluding carboxylic acids is 1. The zero-order valence-corrected chi connectivity index (χ0v) is 13.6. The number of hydrogen-bond donors (Lipinski definition) is 2. The molecule has 0 aromatic heterocycles. The molecule has 1 aromatic rings. The van der Waals surface area contributed by atoms with Crippen LogP contribution in [0.15, 0.2) is 18.2 Å². The Labute approximate surface area is 127 Å². The minimum atomic E-state index is -0.0226. The van der Waals surface area contributed by atoms with Crippen molar-refractivity contribution in [2.24, 2.45) is 5.92 Å². The van der Waals surface area contributed by atoms with Crippen LogP contribution in [0.25, 0.3) is 0 Å². The van der Waals surface area contributed by atoms with Crippen LogP contribution >= 0.6 is 0 Å². The lowest BCUT2D eigenvalue weighted by Crippen LogP contribution is -2.35. The lowest BCUT2D eigenvalue weighted by Gasteiger charge is -2.25. The summed E-state index contributed by atoms with van der Waals surface area (Å²) in [7, 11) is 3.75. The van der Waals surface area contributed by atoms with Gasteiger partial charge in [0.05, 0.1) is 5.92 Å². The number of nitrogens with zero attached hydrogens (tertiary/aromatic N) is 1. The largest absolute Gasteiger partial charge is 0.374 e. The van der Waals surface area contributed by atoms with Gasteiger partial charge in [-0.2, -0.15) is 0 Å². The highest BCUT2D eigenvalue weighted by atomic mass is 16.1. The topological polar surface area (TPSA) is 44.4 Å². The molecule has 1 aromatic carbocycles. The normalized spacial score (nSPS) is 15.6. The molecule has 1 amide bonds. The summed E-state index contributed by atoms with van der Waals surface area (Å²) in [5, 5.41) is 6.29. The quantitative estimate of drug-likeness (QED) is 0.807. The van der Waals surface area contributed by atoms with E-state index in [2.05, 4.69) is 47.7 Å². The summed E-state index contributed by atoms with van der Waals surface area (Å²) in [6, 6.07) is 7.24. The molecule has 2 rings (SSSR count). The zero-order valence-electron chi connectivity index (χ0n) is 13.6. The van der Waals surface area contributed by atoms with Crippen LogP contribution in [-0.2, 0) is 11.3 Å². The Kier molecular flexibility index (Phi) is 5.23. The molecule has 1 saturated carbocycles. The first-order valence-corrected chi connectivity index (χ1v) is 7.77. The van der Waals surface area contributed by atoms with Gasteiger partial charge in [-0.1, -0.05) is 24.6 Å². The molecule has 0 saturated heterocycles. The molecule has 0 bridgehead atoms. The minimum Gasteiger partial charge on any atom is -0.374 e. The van der Waals surface area contributed by atoms with Crippen molar-refractivity contribution >= 4 is 11.6 Å². The molecule has 1 atom stereocenters. The Morgan fingerprint density at radius 3 is 2.76 bits per heavy atom. The first kappa shape index (κ1) is 15.8. The second kappa shape index (κ2) is 6.94. The molecule has 0 spiro atoms. The third-order valence-electron chi connectivity index (χ3n) is 4.05. The number of nitrogens with one attached hydrogen (secondary N) is 2. The number of carbonyl (C=O) groups is 1. The Balaban J connectivity index is 2.07. The molecule has 1 aliphatic rings. The predicted molar refractivity (Wildman–Crippen MR) is 87.5 cm³/mol. The van der Waals surface area contributed by atoms with E-state index in [-0.39, 0.29) is 11.8 Å². The lowest BCUT2D eigenvalue weighted by atomic mass is 10.1. The summed E-state index contributed by atoms with van der Waals surface area (Å²) in [5.74, 6) is 0.0668. The Morgan fingerprint density at radius 2 is 2.14 bits per heavy atom. The van der Waals surface area contributed by atoms with Gasteiger partial charge in [0.15, 0.2) is 0 Å². The minimum absolute atomic E-state index is 0.0226. The molecule has 0 radical (unpaired) electrons. The standard InChI is InChI=1S/C17H27N3O/c1-12-5-8-16(14(9-12)10-19-15-6-7-15)20(4)11-13(2)17(21)18-3/h5,8-9,13,15,19H,6-7,10-11H2,1-4H3,(H,18,21). The maximum absolute atomic E-state index is 11.7. The summed E-state index contributed by atoms with van der Waals surface area (Å²) < 4.78 is 0. The van der Waals surface area contributed by atoms with E-state index in [1.807, 2.05) is 6.92 Å². The van der Waals surface area contributed by atoms with E-state index in [4.69, 9.17) is 0 Å². The number of hydrogen-bond acceptors (Lipinski definition) is 3. The van der Waals surface area contributed by atoms with Crippen LogP contribution in [0, 0.1) is 12.8 Å². The van der Waals surface area contributed by atoms with Gasteiger partial charge in [-0.25, -0.2) is 0 Å². The monoisotopic (exact) mass is 289 g/mol.